The van der Waals surface area contributed by atoms with E-state index in [0.29, 0.717) is 19.1 Å². The van der Waals surface area contributed by atoms with Crippen LogP contribution in [0, 0.1) is 17.5 Å². The summed E-state index contributed by atoms with van der Waals surface area (Å²) in [5.41, 5.74) is -1.15. The third-order valence-corrected chi connectivity index (χ3v) is 1.51. The average Bonchev–Trinajstić information content (AvgIpc) is 1.98. The molecule has 0 aliphatic heterocycles. The van der Waals surface area contributed by atoms with Gasteiger partial charge in [0.05, 0.1) is 5.56 Å². The van der Waals surface area contributed by atoms with Crippen molar-refractivity contribution in [3.05, 3.63) is 35.1 Å². The molecule has 0 atom stereocenters. The van der Waals surface area contributed by atoms with Crippen LogP contribution in [0.15, 0.2) is 12.1 Å². The number of rotatable bonds is 1. The first-order chi connectivity index (χ1) is 5.84. The molecule has 0 saturated carbocycles. The molecule has 0 amide bonds. The maximum Gasteiger partial charge on any atom is 0.273 e. The quantitative estimate of drug-likeness (QED) is 0.477. The molecule has 0 nitrogen and oxygen atoms in total. The van der Waals surface area contributed by atoms with Crippen molar-refractivity contribution in [3.8, 4) is 0 Å². The lowest BCUT2D eigenvalue weighted by Crippen LogP contribution is -2.11. The highest BCUT2D eigenvalue weighted by Crippen LogP contribution is 2.30. The summed E-state index contributed by atoms with van der Waals surface area (Å²) in [6.45, 7) is 0.406. The highest BCUT2D eigenvalue weighted by Gasteiger charge is 2.30. The fourth-order valence-electron chi connectivity index (χ4n) is 0.865. The molecule has 0 heterocycles. The zero-order chi connectivity index (χ0) is 10.2. The monoisotopic (exact) mass is 196 g/mol. The van der Waals surface area contributed by atoms with Gasteiger partial charge in [-0.2, -0.15) is 0 Å². The molecule has 0 unspecified atom stereocenters. The minimum atomic E-state index is -3.52. The molecular formula is C8H5F5. The molecule has 1 rings (SSSR count). The van der Waals surface area contributed by atoms with Gasteiger partial charge in [0.25, 0.3) is 5.92 Å². The average molecular weight is 196 g/mol. The Hall–Kier alpha value is -1.13. The van der Waals surface area contributed by atoms with Gasteiger partial charge in [0, 0.05) is 6.92 Å². The Morgan fingerprint density at radius 3 is 2.00 bits per heavy atom. The lowest BCUT2D eigenvalue weighted by atomic mass is 10.1. The number of halogens is 5. The first-order valence-electron chi connectivity index (χ1n) is 3.36. The zero-order valence-corrected chi connectivity index (χ0v) is 6.54. The molecule has 0 bridgehead atoms. The minimum absolute atomic E-state index is 0.406. The van der Waals surface area contributed by atoms with Crippen LogP contribution in [0.25, 0.3) is 0 Å². The van der Waals surface area contributed by atoms with Crippen LogP contribution in [-0.2, 0) is 5.92 Å². The van der Waals surface area contributed by atoms with Gasteiger partial charge in [-0.3, -0.25) is 0 Å². The lowest BCUT2D eigenvalue weighted by molar-refractivity contribution is 0.0129. The summed E-state index contributed by atoms with van der Waals surface area (Å²) in [4.78, 5) is 0. The molecule has 0 aliphatic rings. The highest BCUT2D eigenvalue weighted by molar-refractivity contribution is 5.23. The van der Waals surface area contributed by atoms with Crippen molar-refractivity contribution in [1.29, 1.82) is 0 Å². The van der Waals surface area contributed by atoms with Gasteiger partial charge < -0.3 is 0 Å². The van der Waals surface area contributed by atoms with E-state index in [-0.39, 0.29) is 0 Å². The molecule has 13 heavy (non-hydrogen) atoms. The lowest BCUT2D eigenvalue weighted by Gasteiger charge is -2.11. The second-order valence-corrected chi connectivity index (χ2v) is 2.61. The van der Waals surface area contributed by atoms with Crippen molar-refractivity contribution in [2.45, 2.75) is 12.8 Å². The van der Waals surface area contributed by atoms with Crippen LogP contribution < -0.4 is 0 Å². The molecule has 0 aliphatic carbocycles. The molecule has 0 saturated heterocycles. The predicted molar refractivity (Wildman–Crippen MR) is 35.9 cm³/mol. The SMILES string of the molecule is CC(F)(F)c1ccc(F)c(F)c1F. The molecule has 0 spiro atoms. The third-order valence-electron chi connectivity index (χ3n) is 1.51. The van der Waals surface area contributed by atoms with Crippen LogP contribution in [0.4, 0.5) is 22.0 Å². The van der Waals surface area contributed by atoms with E-state index in [4.69, 9.17) is 0 Å². The van der Waals surface area contributed by atoms with Gasteiger partial charge in [-0.1, -0.05) is 0 Å². The van der Waals surface area contributed by atoms with E-state index in [9.17, 15) is 22.0 Å². The summed E-state index contributed by atoms with van der Waals surface area (Å²) >= 11 is 0. The largest absolute Gasteiger partial charge is 0.273 e. The van der Waals surface area contributed by atoms with Crippen LogP contribution in [0.5, 0.6) is 0 Å². The van der Waals surface area contributed by atoms with Crippen molar-refractivity contribution in [2.24, 2.45) is 0 Å². The summed E-state index contributed by atoms with van der Waals surface area (Å²) in [5, 5.41) is 0. The van der Waals surface area contributed by atoms with Crippen LogP contribution in [0.1, 0.15) is 12.5 Å². The molecule has 1 aromatic carbocycles. The summed E-state index contributed by atoms with van der Waals surface area (Å²) in [5.74, 6) is -8.71. The zero-order valence-electron chi connectivity index (χ0n) is 6.54. The fourth-order valence-corrected chi connectivity index (χ4v) is 0.865. The Labute approximate surface area is 71.0 Å². The third kappa shape index (κ3) is 1.79. The second kappa shape index (κ2) is 2.97. The Bertz CT molecular complexity index is 326. The molecule has 1 aromatic rings. The van der Waals surface area contributed by atoms with E-state index in [0.717, 1.165) is 0 Å². The van der Waals surface area contributed by atoms with E-state index in [1.807, 2.05) is 0 Å². The van der Waals surface area contributed by atoms with Gasteiger partial charge in [-0.05, 0) is 12.1 Å². The Morgan fingerprint density at radius 1 is 1.00 bits per heavy atom. The van der Waals surface area contributed by atoms with Gasteiger partial charge in [0.1, 0.15) is 0 Å². The van der Waals surface area contributed by atoms with Crippen molar-refractivity contribution in [1.82, 2.24) is 0 Å². The number of hydrogen-bond acceptors (Lipinski definition) is 0. The Morgan fingerprint density at radius 2 is 1.54 bits per heavy atom. The van der Waals surface area contributed by atoms with E-state index >= 15 is 0 Å². The van der Waals surface area contributed by atoms with Gasteiger partial charge in [-0.25, -0.2) is 22.0 Å². The Kier molecular flexibility index (Phi) is 2.28. The molecule has 72 valence electrons. The highest BCUT2D eigenvalue weighted by atomic mass is 19.3. The van der Waals surface area contributed by atoms with Crippen molar-refractivity contribution in [2.75, 3.05) is 0 Å². The predicted octanol–water partition coefficient (Wildman–Crippen LogP) is 3.22. The minimum Gasteiger partial charge on any atom is -0.204 e. The Balaban J connectivity index is 3.35. The number of hydrogen-bond donors (Lipinski definition) is 0. The first-order valence-corrected chi connectivity index (χ1v) is 3.36. The van der Waals surface area contributed by atoms with E-state index in [1.54, 1.807) is 0 Å². The van der Waals surface area contributed by atoms with E-state index in [1.165, 1.54) is 0 Å². The van der Waals surface area contributed by atoms with Crippen molar-refractivity contribution in [3.63, 3.8) is 0 Å². The van der Waals surface area contributed by atoms with Crippen LogP contribution in [0.2, 0.25) is 0 Å². The van der Waals surface area contributed by atoms with Crippen LogP contribution in [-0.4, -0.2) is 0 Å². The van der Waals surface area contributed by atoms with Crippen LogP contribution in [0.3, 0.4) is 0 Å². The van der Waals surface area contributed by atoms with Gasteiger partial charge >= 0.3 is 0 Å². The maximum absolute atomic E-state index is 12.7. The molecule has 0 aromatic heterocycles. The van der Waals surface area contributed by atoms with Crippen LogP contribution >= 0.6 is 0 Å². The van der Waals surface area contributed by atoms with Gasteiger partial charge in [-0.15, -0.1) is 0 Å². The summed E-state index contributed by atoms with van der Waals surface area (Å²) in [7, 11) is 0. The van der Waals surface area contributed by atoms with Gasteiger partial charge in [0.15, 0.2) is 17.5 Å². The molecule has 0 fully saturated rings. The topological polar surface area (TPSA) is 0 Å². The smallest absolute Gasteiger partial charge is 0.204 e. The second-order valence-electron chi connectivity index (χ2n) is 2.61. The molecular weight excluding hydrogens is 191 g/mol. The standard InChI is InChI=1S/C8H5F5/c1-8(12,13)4-2-3-5(9)7(11)6(4)10/h2-3H,1H3. The number of benzene rings is 1. The van der Waals surface area contributed by atoms with E-state index < -0.39 is 28.9 Å². The summed E-state index contributed by atoms with van der Waals surface area (Å²) < 4.78 is 62.4. The summed E-state index contributed by atoms with van der Waals surface area (Å²) in [6, 6.07) is 0.985. The van der Waals surface area contributed by atoms with Crippen molar-refractivity contribution >= 4 is 0 Å². The molecule has 0 N–H and O–H groups in total. The van der Waals surface area contributed by atoms with E-state index in [2.05, 4.69) is 0 Å². The number of alkyl halides is 2. The fraction of sp³-hybridized carbons (Fsp3) is 0.250. The molecule has 0 radical (unpaired) electrons. The normalized spacial score (nSPS) is 11.8. The van der Waals surface area contributed by atoms with Gasteiger partial charge in [0.2, 0.25) is 0 Å². The molecule has 5 heteroatoms. The summed E-state index contributed by atoms with van der Waals surface area (Å²) in [6.07, 6.45) is 0. The first kappa shape index (κ1) is 9.95. The van der Waals surface area contributed by atoms with Crippen molar-refractivity contribution < 1.29 is 22.0 Å². The maximum atomic E-state index is 12.7.